The molecule has 3 atom stereocenters. The van der Waals surface area contributed by atoms with Gasteiger partial charge < -0.3 is 10.5 Å². The predicted octanol–water partition coefficient (Wildman–Crippen LogP) is 2.61. The molecular weight excluding hydrogens is 210 g/mol. The van der Waals surface area contributed by atoms with Crippen LogP contribution in [0.1, 0.15) is 42.7 Å². The molecule has 0 saturated carbocycles. The summed E-state index contributed by atoms with van der Waals surface area (Å²) in [5, 5.41) is 0. The molecule has 1 aliphatic carbocycles. The van der Waals surface area contributed by atoms with Crippen LogP contribution in [0.5, 0.6) is 0 Å². The van der Waals surface area contributed by atoms with Crippen LogP contribution < -0.4 is 5.73 Å². The van der Waals surface area contributed by atoms with E-state index in [1.807, 2.05) is 0 Å². The van der Waals surface area contributed by atoms with Gasteiger partial charge in [0.15, 0.2) is 0 Å². The molecule has 0 bridgehead atoms. The third kappa shape index (κ3) is 2.24. The van der Waals surface area contributed by atoms with Crippen LogP contribution in [0, 0.1) is 0 Å². The van der Waals surface area contributed by atoms with Crippen LogP contribution in [-0.2, 0) is 11.2 Å². The fourth-order valence-electron chi connectivity index (χ4n) is 3.16. The van der Waals surface area contributed by atoms with Crippen molar-refractivity contribution in [3.8, 4) is 0 Å². The van der Waals surface area contributed by atoms with Gasteiger partial charge in [0.1, 0.15) is 0 Å². The van der Waals surface area contributed by atoms with E-state index in [1.165, 1.54) is 30.4 Å². The molecule has 0 spiro atoms. The van der Waals surface area contributed by atoms with E-state index in [9.17, 15) is 0 Å². The zero-order chi connectivity index (χ0) is 11.7. The smallest absolute Gasteiger partial charge is 0.0726 e. The van der Waals surface area contributed by atoms with Gasteiger partial charge >= 0.3 is 0 Å². The topological polar surface area (TPSA) is 35.2 Å². The average Bonchev–Trinajstić information content (AvgIpc) is 2.37. The van der Waals surface area contributed by atoms with Crippen LogP contribution in [0.25, 0.3) is 0 Å². The number of rotatable bonds is 3. The highest BCUT2D eigenvalue weighted by atomic mass is 16.5. The second-order valence-corrected chi connectivity index (χ2v) is 5.40. The van der Waals surface area contributed by atoms with Crippen molar-refractivity contribution in [2.75, 3.05) is 6.61 Å². The summed E-state index contributed by atoms with van der Waals surface area (Å²) in [6.45, 7) is 0.902. The van der Waals surface area contributed by atoms with Crippen LogP contribution in [0.3, 0.4) is 0 Å². The Morgan fingerprint density at radius 1 is 1.29 bits per heavy atom. The summed E-state index contributed by atoms with van der Waals surface area (Å²) in [5.41, 5.74) is 9.31. The highest BCUT2D eigenvalue weighted by molar-refractivity contribution is 5.39. The number of fused-ring (bicyclic) bond motifs is 1. The van der Waals surface area contributed by atoms with Crippen molar-refractivity contribution in [1.29, 1.82) is 0 Å². The maximum atomic E-state index is 6.29. The van der Waals surface area contributed by atoms with Gasteiger partial charge in [-0.3, -0.25) is 0 Å². The van der Waals surface area contributed by atoms with E-state index in [0.29, 0.717) is 12.0 Å². The van der Waals surface area contributed by atoms with Crippen molar-refractivity contribution in [2.24, 2.45) is 5.73 Å². The van der Waals surface area contributed by atoms with Crippen LogP contribution in [0.15, 0.2) is 24.3 Å². The Kier molecular flexibility index (Phi) is 3.17. The number of hydrogen-bond acceptors (Lipinski definition) is 2. The Balaban J connectivity index is 1.58. The van der Waals surface area contributed by atoms with Crippen molar-refractivity contribution in [3.63, 3.8) is 0 Å². The fraction of sp³-hybridized carbons (Fsp3) is 0.600. The summed E-state index contributed by atoms with van der Waals surface area (Å²) in [4.78, 5) is 0. The highest BCUT2D eigenvalue weighted by Crippen LogP contribution is 2.38. The molecule has 2 nitrogen and oxygen atoms in total. The van der Waals surface area contributed by atoms with E-state index in [-0.39, 0.29) is 6.04 Å². The van der Waals surface area contributed by atoms with Crippen molar-refractivity contribution in [3.05, 3.63) is 35.4 Å². The first-order chi connectivity index (χ1) is 8.34. The Morgan fingerprint density at radius 2 is 2.18 bits per heavy atom. The third-order valence-corrected chi connectivity index (χ3v) is 4.21. The first-order valence-corrected chi connectivity index (χ1v) is 6.79. The Bertz CT molecular complexity index is 384. The van der Waals surface area contributed by atoms with Gasteiger partial charge in [0.2, 0.25) is 0 Å². The van der Waals surface area contributed by atoms with E-state index in [4.69, 9.17) is 10.5 Å². The molecule has 1 fully saturated rings. The standard InChI is InChI=1S/C15H21NO/c16-14(15-7-3-4-8-17-15)10-12-9-11-5-1-2-6-13(11)12/h1-2,5-6,12,14-15H,3-4,7-10,16H2. The van der Waals surface area contributed by atoms with E-state index >= 15 is 0 Å². The maximum Gasteiger partial charge on any atom is 0.0726 e. The first-order valence-electron chi connectivity index (χ1n) is 6.79. The molecule has 1 aromatic carbocycles. The minimum atomic E-state index is 0.216. The molecule has 2 N–H and O–H groups in total. The van der Waals surface area contributed by atoms with Gasteiger partial charge in [-0.15, -0.1) is 0 Å². The van der Waals surface area contributed by atoms with Crippen LogP contribution >= 0.6 is 0 Å². The summed E-state index contributed by atoms with van der Waals surface area (Å²) >= 11 is 0. The molecule has 0 amide bonds. The lowest BCUT2D eigenvalue weighted by atomic mass is 9.74. The van der Waals surface area contributed by atoms with Gasteiger partial charge in [-0.1, -0.05) is 24.3 Å². The molecule has 0 radical (unpaired) electrons. The second kappa shape index (κ2) is 4.79. The van der Waals surface area contributed by atoms with Crippen molar-refractivity contribution >= 4 is 0 Å². The minimum absolute atomic E-state index is 0.216. The van der Waals surface area contributed by atoms with Crippen LogP contribution in [-0.4, -0.2) is 18.8 Å². The Hall–Kier alpha value is -0.860. The van der Waals surface area contributed by atoms with Crippen molar-refractivity contribution < 1.29 is 4.74 Å². The molecule has 1 saturated heterocycles. The van der Waals surface area contributed by atoms with E-state index in [1.54, 1.807) is 0 Å². The molecule has 17 heavy (non-hydrogen) atoms. The summed E-state index contributed by atoms with van der Waals surface area (Å²) in [6.07, 6.45) is 6.22. The van der Waals surface area contributed by atoms with Gasteiger partial charge in [0.25, 0.3) is 0 Å². The van der Waals surface area contributed by atoms with E-state index in [0.717, 1.165) is 19.4 Å². The van der Waals surface area contributed by atoms with E-state index < -0.39 is 0 Å². The van der Waals surface area contributed by atoms with Crippen molar-refractivity contribution in [1.82, 2.24) is 0 Å². The second-order valence-electron chi connectivity index (χ2n) is 5.40. The molecule has 3 rings (SSSR count). The largest absolute Gasteiger partial charge is 0.377 e. The van der Waals surface area contributed by atoms with Crippen molar-refractivity contribution in [2.45, 2.75) is 50.2 Å². The summed E-state index contributed by atoms with van der Waals surface area (Å²) in [5.74, 6) is 0.673. The molecular formula is C15H21NO. The van der Waals surface area contributed by atoms with Crippen LogP contribution in [0.2, 0.25) is 0 Å². The highest BCUT2D eigenvalue weighted by Gasteiger charge is 2.30. The van der Waals surface area contributed by atoms with Gasteiger partial charge in [0, 0.05) is 12.6 Å². The lowest BCUT2D eigenvalue weighted by molar-refractivity contribution is -0.00270. The van der Waals surface area contributed by atoms with Gasteiger partial charge in [-0.2, -0.15) is 0 Å². The van der Waals surface area contributed by atoms with Crippen LogP contribution in [0.4, 0.5) is 0 Å². The molecule has 0 aromatic heterocycles. The third-order valence-electron chi connectivity index (χ3n) is 4.21. The Morgan fingerprint density at radius 3 is 2.94 bits per heavy atom. The zero-order valence-electron chi connectivity index (χ0n) is 10.3. The number of benzene rings is 1. The monoisotopic (exact) mass is 231 g/mol. The van der Waals surface area contributed by atoms with Gasteiger partial charge in [-0.25, -0.2) is 0 Å². The lowest BCUT2D eigenvalue weighted by Crippen LogP contribution is -2.41. The normalized spacial score (nSPS) is 29.2. The molecule has 92 valence electrons. The average molecular weight is 231 g/mol. The Labute approximate surface area is 103 Å². The SMILES string of the molecule is NC(CC1Cc2ccccc21)C1CCCCO1. The number of ether oxygens (including phenoxy) is 1. The van der Waals surface area contributed by atoms with Gasteiger partial charge in [0.05, 0.1) is 6.10 Å². The summed E-state index contributed by atoms with van der Waals surface area (Å²) in [7, 11) is 0. The molecule has 1 heterocycles. The number of nitrogens with two attached hydrogens (primary N) is 1. The molecule has 1 aliphatic heterocycles. The zero-order valence-corrected chi connectivity index (χ0v) is 10.3. The minimum Gasteiger partial charge on any atom is -0.377 e. The molecule has 3 unspecified atom stereocenters. The lowest BCUT2D eigenvalue weighted by Gasteiger charge is -2.35. The van der Waals surface area contributed by atoms with Gasteiger partial charge in [-0.05, 0) is 49.1 Å². The predicted molar refractivity (Wildman–Crippen MR) is 69.1 cm³/mol. The molecule has 1 aromatic rings. The summed E-state index contributed by atoms with van der Waals surface area (Å²) < 4.78 is 5.77. The quantitative estimate of drug-likeness (QED) is 0.868. The number of hydrogen-bond donors (Lipinski definition) is 1. The maximum absolute atomic E-state index is 6.29. The van der Waals surface area contributed by atoms with E-state index in [2.05, 4.69) is 24.3 Å². The molecule has 2 aliphatic rings. The summed E-state index contributed by atoms with van der Waals surface area (Å²) in [6, 6.07) is 8.95. The fourth-order valence-corrected chi connectivity index (χ4v) is 3.16. The molecule has 2 heteroatoms. The first kappa shape index (κ1) is 11.2.